The van der Waals surface area contributed by atoms with Crippen LogP contribution in [0.2, 0.25) is 5.02 Å². The van der Waals surface area contributed by atoms with E-state index in [0.29, 0.717) is 31.4 Å². The number of benzene rings is 2. The first kappa shape index (κ1) is 16.8. The van der Waals surface area contributed by atoms with E-state index in [-0.39, 0.29) is 77.3 Å². The fourth-order valence-electron chi connectivity index (χ4n) is 4.38. The quantitative estimate of drug-likeness (QED) is 0.444. The van der Waals surface area contributed by atoms with E-state index in [1.165, 1.54) is 40.4 Å². The molecule has 0 saturated carbocycles. The van der Waals surface area contributed by atoms with Gasteiger partial charge < -0.3 is 33.9 Å². The van der Waals surface area contributed by atoms with Crippen LogP contribution in [0, 0.1) is 0 Å². The van der Waals surface area contributed by atoms with Crippen LogP contribution in [0.1, 0.15) is 25.2 Å². The first-order valence-electron chi connectivity index (χ1n) is 16.7. The lowest BCUT2D eigenvalue weighted by Gasteiger charge is -2.32. The number of hydrogen-bond acceptors (Lipinski definition) is 10. The molecule has 0 atom stereocenters. The Kier molecular flexibility index (Phi) is 5.03. The normalized spacial score (nSPS) is 24.5. The Morgan fingerprint density at radius 1 is 1.18 bits per heavy atom. The van der Waals surface area contributed by atoms with Gasteiger partial charge in [-0.1, -0.05) is 11.6 Å². The topological polar surface area (TPSA) is 90.4 Å². The molecule has 3 aromatic rings. The van der Waals surface area contributed by atoms with Crippen LogP contribution >= 0.6 is 11.6 Å². The van der Waals surface area contributed by atoms with Gasteiger partial charge in [0.1, 0.15) is 44.7 Å². The summed E-state index contributed by atoms with van der Waals surface area (Å²) in [5.41, 5.74) is 0.451. The Hall–Kier alpha value is -3.05. The maximum atomic E-state index is 8.68. The van der Waals surface area contributed by atoms with E-state index >= 15 is 0 Å². The van der Waals surface area contributed by atoms with E-state index in [9.17, 15) is 0 Å². The highest BCUT2D eigenvalue weighted by molar-refractivity contribution is 6.34. The van der Waals surface area contributed by atoms with Crippen LogP contribution in [0.15, 0.2) is 30.6 Å². The van der Waals surface area contributed by atoms with E-state index in [0.717, 1.165) is 0 Å². The Labute approximate surface area is 239 Å². The first-order valence-corrected chi connectivity index (χ1v) is 12.6. The van der Waals surface area contributed by atoms with Crippen LogP contribution in [-0.4, -0.2) is 92.0 Å². The molecule has 6 rings (SSSR count). The van der Waals surface area contributed by atoms with Crippen LogP contribution in [0.3, 0.4) is 0 Å². The molecule has 0 amide bonds. The summed E-state index contributed by atoms with van der Waals surface area (Å²) in [6, 6.07) is 5.85. The molecule has 2 saturated heterocycles. The summed E-state index contributed by atoms with van der Waals surface area (Å²) >= 11 is 6.49. The van der Waals surface area contributed by atoms with Crippen molar-refractivity contribution in [3.63, 3.8) is 0 Å². The molecule has 3 aliphatic rings. The third kappa shape index (κ3) is 5.54. The maximum Gasteiger partial charge on any atom is 0.231 e. The molecule has 0 bridgehead atoms. The Bertz CT molecular complexity index is 1640. The zero-order chi connectivity index (χ0) is 33.8. The zero-order valence-electron chi connectivity index (χ0n) is 29.3. The molecular formula is C27H32ClN5O5. The van der Waals surface area contributed by atoms with Crippen LogP contribution < -0.4 is 24.3 Å². The number of hydrogen-bond donors (Lipinski definition) is 1. The number of likely N-dealkylation sites (N-methyl/N-ethyl adjacent to an activating group) is 1. The van der Waals surface area contributed by atoms with Crippen molar-refractivity contribution in [3.05, 3.63) is 35.6 Å². The van der Waals surface area contributed by atoms with Crippen molar-refractivity contribution >= 4 is 34.0 Å². The van der Waals surface area contributed by atoms with Crippen LogP contribution in [0.25, 0.3) is 10.9 Å². The van der Waals surface area contributed by atoms with Gasteiger partial charge in [0.25, 0.3) is 0 Å². The standard InChI is InChI=1S/C27H32ClN5O5/c1-32-6-8-33(9-7-32)10-13-35-19-14-21-24(23(15-19)38-18-4-11-34-12-5-18)27(30-16-29-21)31-25-20(28)2-3-22-26(25)37-17-36-22/h2-3,14-16,18H,4-13,17H2,1H3,(H,29,30,31)/i1D3,10D2,13D2,17D2. The van der Waals surface area contributed by atoms with Gasteiger partial charge in [-0.15, -0.1) is 0 Å². The fourth-order valence-corrected chi connectivity index (χ4v) is 4.57. The van der Waals surface area contributed by atoms with Gasteiger partial charge in [0.05, 0.1) is 31.9 Å². The van der Waals surface area contributed by atoms with Crippen LogP contribution in [0.5, 0.6) is 23.0 Å². The van der Waals surface area contributed by atoms with Crippen molar-refractivity contribution < 1.29 is 36.0 Å². The number of piperazine rings is 1. The summed E-state index contributed by atoms with van der Waals surface area (Å²) < 4.78 is 101. The molecule has 0 aliphatic carbocycles. The summed E-state index contributed by atoms with van der Waals surface area (Å²) in [7, 11) is 0. The monoisotopic (exact) mass is 550 g/mol. The number of aromatic nitrogens is 2. The minimum absolute atomic E-state index is 0.0194. The molecule has 1 N–H and O–H groups in total. The number of ether oxygens (including phenoxy) is 5. The highest BCUT2D eigenvalue weighted by Crippen LogP contribution is 2.46. The molecule has 38 heavy (non-hydrogen) atoms. The summed E-state index contributed by atoms with van der Waals surface area (Å²) in [4.78, 5) is 11.2. The van der Waals surface area contributed by atoms with Crippen molar-refractivity contribution in [2.45, 2.75) is 18.9 Å². The lowest BCUT2D eigenvalue weighted by Crippen LogP contribution is -2.45. The molecule has 2 fully saturated rings. The van der Waals surface area contributed by atoms with E-state index in [4.69, 9.17) is 47.6 Å². The second kappa shape index (κ2) is 11.4. The molecule has 2 aromatic carbocycles. The van der Waals surface area contributed by atoms with E-state index in [2.05, 4.69) is 15.3 Å². The van der Waals surface area contributed by atoms with Gasteiger partial charge in [0.2, 0.25) is 6.75 Å². The highest BCUT2D eigenvalue weighted by Gasteiger charge is 2.24. The second-order valence-electron chi connectivity index (χ2n) is 8.92. The minimum atomic E-state index is -2.89. The number of nitrogens with zero attached hydrogens (tertiary/aromatic N) is 4. The fraction of sp³-hybridized carbons (Fsp3) is 0.481. The molecule has 202 valence electrons. The number of halogens is 1. The van der Waals surface area contributed by atoms with Crippen molar-refractivity contribution in [3.8, 4) is 23.0 Å². The summed E-state index contributed by atoms with van der Waals surface area (Å²) in [6.07, 6.45) is 2.12. The SMILES string of the molecule is [2H]C1([2H])Oc2ccc(Cl)c(Nc3ncnc4cc(OC([2H])([2H])C([2H])([2H])N5CCN(C([2H])([2H])[2H])CC5)cc(OC5CCOCC5)c34)c2O1. The van der Waals surface area contributed by atoms with Gasteiger partial charge >= 0.3 is 0 Å². The minimum Gasteiger partial charge on any atom is -0.492 e. The lowest BCUT2D eigenvalue weighted by atomic mass is 10.1. The number of rotatable bonds is 8. The average Bonchev–Trinajstić information content (AvgIpc) is 3.32. The number of nitrogens with one attached hydrogen (secondary N) is 1. The third-order valence-electron chi connectivity index (χ3n) is 6.40. The molecule has 3 aliphatic heterocycles. The van der Waals surface area contributed by atoms with Crippen molar-refractivity contribution in [1.82, 2.24) is 19.8 Å². The molecule has 11 heteroatoms. The van der Waals surface area contributed by atoms with Crippen molar-refractivity contribution in [1.29, 1.82) is 0 Å². The van der Waals surface area contributed by atoms with Gasteiger partial charge in [0, 0.05) is 64.5 Å². The molecule has 0 unspecified atom stereocenters. The lowest BCUT2D eigenvalue weighted by molar-refractivity contribution is 0.0261. The van der Waals surface area contributed by atoms with Gasteiger partial charge in [-0.2, -0.15) is 0 Å². The molecule has 0 radical (unpaired) electrons. The van der Waals surface area contributed by atoms with E-state index < -0.39 is 26.8 Å². The Balaban J connectivity index is 1.34. The van der Waals surface area contributed by atoms with Gasteiger partial charge in [-0.3, -0.25) is 4.90 Å². The summed E-state index contributed by atoms with van der Waals surface area (Å²) in [5, 5.41) is 3.66. The predicted molar refractivity (Wildman–Crippen MR) is 144 cm³/mol. The second-order valence-corrected chi connectivity index (χ2v) is 9.33. The molecule has 0 spiro atoms. The predicted octanol–water partition coefficient (Wildman–Crippen LogP) is 3.94. The van der Waals surface area contributed by atoms with Gasteiger partial charge in [-0.05, 0) is 19.1 Å². The summed E-state index contributed by atoms with van der Waals surface area (Å²) in [5.74, 6) is 0.525. The smallest absolute Gasteiger partial charge is 0.231 e. The molecular weight excluding hydrogens is 510 g/mol. The zero-order valence-corrected chi connectivity index (χ0v) is 21.1. The van der Waals surface area contributed by atoms with Crippen LogP contribution in [-0.2, 0) is 4.74 Å². The molecule has 10 nitrogen and oxygen atoms in total. The Morgan fingerprint density at radius 3 is 2.89 bits per heavy atom. The number of fused-ring (bicyclic) bond motifs is 2. The Morgan fingerprint density at radius 2 is 2.05 bits per heavy atom. The largest absolute Gasteiger partial charge is 0.492 e. The maximum absolute atomic E-state index is 8.68. The van der Waals surface area contributed by atoms with Crippen molar-refractivity contribution in [2.75, 3.05) is 71.5 Å². The van der Waals surface area contributed by atoms with Crippen LogP contribution in [0.4, 0.5) is 11.5 Å². The van der Waals surface area contributed by atoms with Gasteiger partial charge in [0.15, 0.2) is 11.5 Å². The molecule has 1 aromatic heterocycles. The third-order valence-corrected chi connectivity index (χ3v) is 6.71. The average molecular weight is 551 g/mol. The van der Waals surface area contributed by atoms with E-state index in [1.807, 2.05) is 0 Å². The van der Waals surface area contributed by atoms with Crippen molar-refractivity contribution in [2.24, 2.45) is 0 Å². The van der Waals surface area contributed by atoms with E-state index in [1.54, 1.807) is 0 Å². The number of anilines is 2. The summed E-state index contributed by atoms with van der Waals surface area (Å²) in [6.45, 7) is -9.27. The van der Waals surface area contributed by atoms with Gasteiger partial charge in [-0.25, -0.2) is 9.97 Å². The first-order chi connectivity index (χ1) is 22.0. The molecule has 4 heterocycles. The highest BCUT2D eigenvalue weighted by atomic mass is 35.5.